The van der Waals surface area contributed by atoms with Crippen LogP contribution in [0.1, 0.15) is 18.5 Å². The van der Waals surface area contributed by atoms with E-state index in [1.165, 1.54) is 24.3 Å². The normalized spacial score (nSPS) is 16.4. The molecule has 3 amide bonds. The minimum absolute atomic E-state index is 0.0684. The molecule has 0 radical (unpaired) electrons. The fourth-order valence-electron chi connectivity index (χ4n) is 2.80. The highest BCUT2D eigenvalue weighted by Crippen LogP contribution is 2.32. The molecule has 3 rings (SSSR count). The molecule has 1 atom stereocenters. The second kappa shape index (κ2) is 7.58. The zero-order valence-electron chi connectivity index (χ0n) is 14.2. The summed E-state index contributed by atoms with van der Waals surface area (Å²) < 4.78 is 0.755. The predicted molar refractivity (Wildman–Crippen MR) is 103 cm³/mol. The lowest BCUT2D eigenvalue weighted by Crippen LogP contribution is -2.46. The maximum atomic E-state index is 12.9. The van der Waals surface area contributed by atoms with Crippen molar-refractivity contribution in [2.45, 2.75) is 13.0 Å². The first kappa shape index (κ1) is 18.6. The molecule has 0 spiro atoms. The van der Waals surface area contributed by atoms with Crippen molar-refractivity contribution in [2.75, 3.05) is 5.32 Å². The molecule has 1 heterocycles. The van der Waals surface area contributed by atoms with Gasteiger partial charge in [0.05, 0.1) is 16.5 Å². The van der Waals surface area contributed by atoms with Gasteiger partial charge in [-0.3, -0.25) is 14.9 Å². The third kappa shape index (κ3) is 3.98. The fourth-order valence-corrected chi connectivity index (χ4v) is 3.32. The first-order valence-corrected chi connectivity index (χ1v) is 8.74. The smallest absolute Gasteiger partial charge is 0.319 e. The van der Waals surface area contributed by atoms with Crippen molar-refractivity contribution in [3.63, 3.8) is 0 Å². The minimum atomic E-state index is -0.646. The Hall–Kier alpha value is -3.20. The number of hydrogen-bond donors (Lipinski definition) is 3. The number of benzene rings is 2. The molecule has 138 valence electrons. The largest absolute Gasteiger partial charge is 0.327 e. The van der Waals surface area contributed by atoms with Crippen LogP contribution in [0.3, 0.4) is 0 Å². The Kier molecular flexibility index (Phi) is 5.22. The number of rotatable bonds is 4. The number of amides is 3. The average Bonchev–Trinajstić information content (AvgIpc) is 2.61. The monoisotopic (exact) mass is 430 g/mol. The second-order valence-electron chi connectivity index (χ2n) is 5.85. The predicted octanol–water partition coefficient (Wildman–Crippen LogP) is 3.62. The maximum Gasteiger partial charge on any atom is 0.319 e. The van der Waals surface area contributed by atoms with Crippen LogP contribution in [0.4, 0.5) is 16.2 Å². The van der Waals surface area contributed by atoms with Crippen LogP contribution in [-0.4, -0.2) is 16.9 Å². The van der Waals surface area contributed by atoms with Crippen LogP contribution in [-0.2, 0) is 4.79 Å². The number of nitro groups is 1. The molecule has 0 aliphatic carbocycles. The van der Waals surface area contributed by atoms with Crippen LogP contribution in [0.25, 0.3) is 0 Å². The molecule has 0 saturated carbocycles. The molecule has 1 aliphatic rings. The summed E-state index contributed by atoms with van der Waals surface area (Å²) in [5.74, 6) is -0.422. The lowest BCUT2D eigenvalue weighted by molar-refractivity contribution is -0.384. The molecule has 27 heavy (non-hydrogen) atoms. The molecule has 8 nitrogen and oxygen atoms in total. The topological polar surface area (TPSA) is 113 Å². The molecule has 9 heteroatoms. The number of non-ortho nitro benzene ring substituents is 1. The van der Waals surface area contributed by atoms with Crippen molar-refractivity contribution in [3.05, 3.63) is 80.0 Å². The second-order valence-corrected chi connectivity index (χ2v) is 6.70. The zero-order valence-corrected chi connectivity index (χ0v) is 15.7. The van der Waals surface area contributed by atoms with E-state index in [-0.39, 0.29) is 5.69 Å². The van der Waals surface area contributed by atoms with Gasteiger partial charge in [-0.15, -0.1) is 0 Å². The highest BCUT2D eigenvalue weighted by atomic mass is 79.9. The van der Waals surface area contributed by atoms with E-state index in [0.717, 1.165) is 10.0 Å². The molecule has 0 fully saturated rings. The number of nitrogens with one attached hydrogen (secondary N) is 3. The third-order valence-corrected chi connectivity index (χ3v) is 4.79. The van der Waals surface area contributed by atoms with E-state index in [0.29, 0.717) is 17.0 Å². The molecule has 2 aromatic rings. The van der Waals surface area contributed by atoms with Gasteiger partial charge in [-0.1, -0.05) is 34.1 Å². The van der Waals surface area contributed by atoms with Crippen LogP contribution < -0.4 is 16.0 Å². The number of carbonyl (C=O) groups is 2. The summed E-state index contributed by atoms with van der Waals surface area (Å²) in [4.78, 5) is 35.1. The van der Waals surface area contributed by atoms with Crippen LogP contribution in [0, 0.1) is 10.1 Å². The van der Waals surface area contributed by atoms with E-state index >= 15 is 0 Å². The molecular formula is C18H15BrN4O4. The number of halogens is 1. The Balaban J connectivity index is 1.92. The van der Waals surface area contributed by atoms with E-state index in [1.54, 1.807) is 6.92 Å². The minimum Gasteiger partial charge on any atom is -0.327 e. The quantitative estimate of drug-likeness (QED) is 0.507. The van der Waals surface area contributed by atoms with E-state index in [1.807, 2.05) is 24.3 Å². The number of hydrogen-bond acceptors (Lipinski definition) is 4. The Bertz CT molecular complexity index is 956. The van der Waals surface area contributed by atoms with Gasteiger partial charge in [0, 0.05) is 28.0 Å². The molecule has 0 bridgehead atoms. The van der Waals surface area contributed by atoms with E-state index in [2.05, 4.69) is 31.9 Å². The summed E-state index contributed by atoms with van der Waals surface area (Å²) in [6, 6.07) is 11.8. The van der Waals surface area contributed by atoms with Gasteiger partial charge in [-0.25, -0.2) is 4.79 Å². The van der Waals surface area contributed by atoms with E-state index in [9.17, 15) is 19.7 Å². The van der Waals surface area contributed by atoms with Crippen molar-refractivity contribution < 1.29 is 14.5 Å². The summed E-state index contributed by atoms with van der Waals surface area (Å²) in [5.41, 5.74) is 1.86. The summed E-state index contributed by atoms with van der Waals surface area (Å²) in [7, 11) is 0. The van der Waals surface area contributed by atoms with Gasteiger partial charge in [-0.2, -0.15) is 0 Å². The Labute approximate surface area is 162 Å². The van der Waals surface area contributed by atoms with Crippen molar-refractivity contribution >= 4 is 39.2 Å². The number of nitro benzene ring substituents is 1. The van der Waals surface area contributed by atoms with Crippen LogP contribution in [0.5, 0.6) is 0 Å². The van der Waals surface area contributed by atoms with Crippen molar-refractivity contribution in [2.24, 2.45) is 0 Å². The van der Waals surface area contributed by atoms with Gasteiger partial charge in [-0.05, 0) is 30.7 Å². The third-order valence-electron chi connectivity index (χ3n) is 4.07. The van der Waals surface area contributed by atoms with Gasteiger partial charge in [0.2, 0.25) is 0 Å². The van der Waals surface area contributed by atoms with Gasteiger partial charge in [0.15, 0.2) is 0 Å². The SMILES string of the molecule is CC1=C(C(=O)Nc2ccc([N+](=O)[O-])cc2)[C@@H](c2ccccc2Br)NC(=O)N1. The first-order chi connectivity index (χ1) is 12.9. The Morgan fingerprint density at radius 2 is 1.85 bits per heavy atom. The number of anilines is 1. The summed E-state index contributed by atoms with van der Waals surface area (Å²) in [6.07, 6.45) is 0. The zero-order chi connectivity index (χ0) is 19.6. The summed E-state index contributed by atoms with van der Waals surface area (Å²) in [5, 5.41) is 18.8. The number of allylic oxidation sites excluding steroid dienone is 1. The summed E-state index contributed by atoms with van der Waals surface area (Å²) >= 11 is 3.45. The molecule has 3 N–H and O–H groups in total. The molecule has 1 aliphatic heterocycles. The fraction of sp³-hybridized carbons (Fsp3) is 0.111. The lowest BCUT2D eigenvalue weighted by atomic mass is 9.95. The van der Waals surface area contributed by atoms with E-state index < -0.39 is 22.9 Å². The highest BCUT2D eigenvalue weighted by molar-refractivity contribution is 9.10. The van der Waals surface area contributed by atoms with Gasteiger partial charge in [0.1, 0.15) is 0 Å². The van der Waals surface area contributed by atoms with Crippen LogP contribution in [0.15, 0.2) is 64.3 Å². The highest BCUT2D eigenvalue weighted by Gasteiger charge is 2.32. The molecule has 0 unspecified atom stereocenters. The van der Waals surface area contributed by atoms with Crippen molar-refractivity contribution in [3.8, 4) is 0 Å². The molecule has 0 saturated heterocycles. The number of carbonyl (C=O) groups excluding carboxylic acids is 2. The Morgan fingerprint density at radius 1 is 1.19 bits per heavy atom. The molecule has 0 aromatic heterocycles. The maximum absolute atomic E-state index is 12.9. The standard InChI is InChI=1S/C18H15BrN4O4/c1-10-15(17(24)21-11-6-8-12(9-7-11)23(26)27)16(22-18(25)20-10)13-4-2-3-5-14(13)19/h2-9,16H,1H3,(H,21,24)(H2,20,22,25)/t16-/m1/s1. The van der Waals surface area contributed by atoms with E-state index in [4.69, 9.17) is 0 Å². The van der Waals surface area contributed by atoms with Crippen molar-refractivity contribution in [1.29, 1.82) is 0 Å². The first-order valence-electron chi connectivity index (χ1n) is 7.95. The molecule has 2 aromatic carbocycles. The van der Waals surface area contributed by atoms with Crippen molar-refractivity contribution in [1.82, 2.24) is 10.6 Å². The van der Waals surface area contributed by atoms with Crippen LogP contribution >= 0.6 is 15.9 Å². The van der Waals surface area contributed by atoms with Crippen LogP contribution in [0.2, 0.25) is 0 Å². The Morgan fingerprint density at radius 3 is 2.48 bits per heavy atom. The van der Waals surface area contributed by atoms with Gasteiger partial charge in [0.25, 0.3) is 11.6 Å². The lowest BCUT2D eigenvalue weighted by Gasteiger charge is -2.29. The summed E-state index contributed by atoms with van der Waals surface area (Å²) in [6.45, 7) is 1.65. The average molecular weight is 431 g/mol. The number of urea groups is 1. The van der Waals surface area contributed by atoms with Gasteiger partial charge < -0.3 is 16.0 Å². The number of nitrogens with zero attached hydrogens (tertiary/aromatic N) is 1. The van der Waals surface area contributed by atoms with Gasteiger partial charge >= 0.3 is 6.03 Å². The molecular weight excluding hydrogens is 416 g/mol.